The zero-order valence-corrected chi connectivity index (χ0v) is 34.9. The van der Waals surface area contributed by atoms with E-state index in [0.29, 0.717) is 0 Å². The molecule has 61 heavy (non-hydrogen) atoms. The minimum Gasteiger partial charge on any atom is -0.310 e. The summed E-state index contributed by atoms with van der Waals surface area (Å²) in [4.78, 5) is 12.5. The summed E-state index contributed by atoms with van der Waals surface area (Å²) >= 11 is 0. The molecule has 10 aromatic rings. The Balaban J connectivity index is 1.12. The Labute approximate surface area is 358 Å². The zero-order chi connectivity index (χ0) is 41.5. The lowest BCUT2D eigenvalue weighted by molar-refractivity contribution is 1.23. The molecule has 8 aromatic carbocycles. The van der Waals surface area contributed by atoms with Crippen LogP contribution in [0.3, 0.4) is 0 Å². The summed E-state index contributed by atoms with van der Waals surface area (Å²) < 4.78 is 0. The Kier molecular flexibility index (Phi) is 9.78. The van der Waals surface area contributed by atoms with Crippen molar-refractivity contribution in [2.45, 2.75) is 27.7 Å². The fourth-order valence-electron chi connectivity index (χ4n) is 8.81. The van der Waals surface area contributed by atoms with Crippen LogP contribution in [0.1, 0.15) is 22.3 Å². The molecule has 0 fully saturated rings. The maximum Gasteiger partial charge on any atom is 0.0709 e. The molecule has 0 unspecified atom stereocenters. The van der Waals surface area contributed by atoms with Crippen molar-refractivity contribution in [2.75, 3.05) is 4.90 Å². The highest BCUT2D eigenvalue weighted by molar-refractivity contribution is 5.93. The van der Waals surface area contributed by atoms with Crippen molar-refractivity contribution < 1.29 is 0 Å². The van der Waals surface area contributed by atoms with Gasteiger partial charge in [-0.3, -0.25) is 9.97 Å². The van der Waals surface area contributed by atoms with Gasteiger partial charge in [0.1, 0.15) is 0 Å². The molecule has 0 aliphatic carbocycles. The van der Waals surface area contributed by atoms with E-state index < -0.39 is 0 Å². The van der Waals surface area contributed by atoms with E-state index in [4.69, 9.17) is 9.97 Å². The lowest BCUT2D eigenvalue weighted by Crippen LogP contribution is -2.13. The lowest BCUT2D eigenvalue weighted by atomic mass is 9.95. The van der Waals surface area contributed by atoms with Crippen LogP contribution in [0.25, 0.3) is 77.4 Å². The first-order valence-corrected chi connectivity index (χ1v) is 21.0. The highest BCUT2D eigenvalue weighted by atomic mass is 15.1. The van der Waals surface area contributed by atoms with Crippen LogP contribution in [-0.4, -0.2) is 9.97 Å². The molecule has 0 saturated carbocycles. The maximum absolute atomic E-state index is 5.02. The van der Waals surface area contributed by atoms with Crippen molar-refractivity contribution in [1.82, 2.24) is 9.97 Å². The third kappa shape index (κ3) is 7.36. The Hall–Kier alpha value is -7.62. The molecule has 0 radical (unpaired) electrons. The number of nitrogens with zero attached hydrogens (tertiary/aromatic N) is 3. The fraction of sp³-hybridized carbons (Fsp3) is 0.0690. The van der Waals surface area contributed by atoms with E-state index >= 15 is 0 Å². The van der Waals surface area contributed by atoms with E-state index in [2.05, 4.69) is 221 Å². The van der Waals surface area contributed by atoms with Gasteiger partial charge < -0.3 is 4.90 Å². The van der Waals surface area contributed by atoms with Gasteiger partial charge in [0.2, 0.25) is 0 Å². The standard InChI is InChI=1S/C58H45N3/c1-38-28-39(2)58(55(29-38)44-16-6-5-7-17-44)61(51-22-12-20-49(32-51)56-34-53(40(3)36-59-56)47-26-24-42-14-8-10-18-45(42)30-47)52-23-13-21-50(33-52)57-35-54(41(4)37-60-57)48-27-25-43-15-9-11-19-46(43)31-48/h5-37H,1-4H3. The molecule has 0 amide bonds. The van der Waals surface area contributed by atoms with Crippen LogP contribution in [0.2, 0.25) is 0 Å². The molecule has 2 heterocycles. The summed E-state index contributed by atoms with van der Waals surface area (Å²) in [5, 5.41) is 4.93. The van der Waals surface area contributed by atoms with Gasteiger partial charge >= 0.3 is 0 Å². The average Bonchev–Trinajstić information content (AvgIpc) is 3.30. The van der Waals surface area contributed by atoms with E-state index in [-0.39, 0.29) is 0 Å². The van der Waals surface area contributed by atoms with E-state index in [1.165, 1.54) is 66.1 Å². The quantitative estimate of drug-likeness (QED) is 0.154. The second kappa shape index (κ2) is 15.9. The molecule has 0 bridgehead atoms. The number of pyridine rings is 2. The van der Waals surface area contributed by atoms with Crippen molar-refractivity contribution in [2.24, 2.45) is 0 Å². The van der Waals surface area contributed by atoms with Crippen LogP contribution in [0, 0.1) is 27.7 Å². The van der Waals surface area contributed by atoms with E-state index in [1.54, 1.807) is 0 Å². The van der Waals surface area contributed by atoms with Gasteiger partial charge in [0.15, 0.2) is 0 Å². The van der Waals surface area contributed by atoms with Gasteiger partial charge in [0, 0.05) is 40.5 Å². The van der Waals surface area contributed by atoms with Gasteiger partial charge in [-0.05, 0) is 148 Å². The second-order valence-corrected chi connectivity index (χ2v) is 16.2. The molecule has 0 spiro atoms. The first-order chi connectivity index (χ1) is 29.9. The molecule has 2 aromatic heterocycles. The highest BCUT2D eigenvalue weighted by Gasteiger charge is 2.22. The summed E-state index contributed by atoms with van der Waals surface area (Å²) in [6.07, 6.45) is 4.01. The summed E-state index contributed by atoms with van der Waals surface area (Å²) in [5.41, 5.74) is 18.9. The van der Waals surface area contributed by atoms with Crippen LogP contribution in [0.15, 0.2) is 200 Å². The van der Waals surface area contributed by atoms with Crippen molar-refractivity contribution in [3.63, 3.8) is 0 Å². The topological polar surface area (TPSA) is 29.0 Å². The zero-order valence-electron chi connectivity index (χ0n) is 34.9. The maximum atomic E-state index is 5.02. The average molecular weight is 784 g/mol. The third-order valence-corrected chi connectivity index (χ3v) is 11.9. The largest absolute Gasteiger partial charge is 0.310 e. The molecule has 0 N–H and O–H groups in total. The monoisotopic (exact) mass is 783 g/mol. The van der Waals surface area contributed by atoms with E-state index in [9.17, 15) is 0 Å². The molecule has 292 valence electrons. The number of hydrogen-bond donors (Lipinski definition) is 0. The summed E-state index contributed by atoms with van der Waals surface area (Å²) in [6, 6.07) is 68.0. The van der Waals surface area contributed by atoms with Gasteiger partial charge in [-0.1, -0.05) is 139 Å². The molecule has 3 nitrogen and oxygen atoms in total. The van der Waals surface area contributed by atoms with Crippen LogP contribution >= 0.6 is 0 Å². The number of hydrogen-bond acceptors (Lipinski definition) is 3. The Morgan fingerprint density at radius 2 is 0.803 bits per heavy atom. The normalized spacial score (nSPS) is 11.3. The third-order valence-electron chi connectivity index (χ3n) is 11.9. The van der Waals surface area contributed by atoms with Crippen LogP contribution < -0.4 is 4.90 Å². The first kappa shape index (κ1) is 37.6. The molecule has 3 heteroatoms. The van der Waals surface area contributed by atoms with E-state index in [1.807, 2.05) is 12.4 Å². The van der Waals surface area contributed by atoms with Crippen molar-refractivity contribution in [1.29, 1.82) is 0 Å². The molecule has 0 aliphatic rings. The second-order valence-electron chi connectivity index (χ2n) is 16.2. The van der Waals surface area contributed by atoms with E-state index in [0.717, 1.165) is 50.7 Å². The van der Waals surface area contributed by atoms with Crippen molar-refractivity contribution >= 4 is 38.6 Å². The summed E-state index contributed by atoms with van der Waals surface area (Å²) in [6.45, 7) is 8.70. The molecule has 0 atom stereocenters. The van der Waals surface area contributed by atoms with Gasteiger partial charge in [-0.15, -0.1) is 0 Å². The van der Waals surface area contributed by atoms with Gasteiger partial charge in [0.05, 0.1) is 17.1 Å². The van der Waals surface area contributed by atoms with Gasteiger partial charge in [0.25, 0.3) is 0 Å². The first-order valence-electron chi connectivity index (χ1n) is 21.0. The highest BCUT2D eigenvalue weighted by Crippen LogP contribution is 2.45. The van der Waals surface area contributed by atoms with Gasteiger partial charge in [-0.2, -0.15) is 0 Å². The van der Waals surface area contributed by atoms with Crippen LogP contribution in [0.4, 0.5) is 17.1 Å². The summed E-state index contributed by atoms with van der Waals surface area (Å²) in [5.74, 6) is 0. The number of aryl methyl sites for hydroxylation is 4. The number of anilines is 3. The van der Waals surface area contributed by atoms with Crippen LogP contribution in [0.5, 0.6) is 0 Å². The molecule has 10 rings (SSSR count). The predicted octanol–water partition coefficient (Wildman–Crippen LogP) is 15.8. The Morgan fingerprint density at radius 1 is 0.328 bits per heavy atom. The Morgan fingerprint density at radius 3 is 1.33 bits per heavy atom. The number of benzene rings is 8. The molecule has 0 aliphatic heterocycles. The fourth-order valence-corrected chi connectivity index (χ4v) is 8.81. The number of fused-ring (bicyclic) bond motifs is 2. The van der Waals surface area contributed by atoms with Crippen LogP contribution in [-0.2, 0) is 0 Å². The minimum atomic E-state index is 0.929. The van der Waals surface area contributed by atoms with Crippen molar-refractivity contribution in [3.8, 4) is 55.9 Å². The predicted molar refractivity (Wildman–Crippen MR) is 258 cm³/mol. The summed E-state index contributed by atoms with van der Waals surface area (Å²) in [7, 11) is 0. The van der Waals surface area contributed by atoms with Gasteiger partial charge in [-0.25, -0.2) is 0 Å². The minimum absolute atomic E-state index is 0.929. The SMILES string of the molecule is Cc1cc(C)c(N(c2cccc(-c3cc(-c4ccc5ccccc5c4)c(C)cn3)c2)c2cccc(-c3cc(-c4ccc5ccccc5c4)c(C)cn3)c2)c(-c2ccccc2)c1. The number of rotatable bonds is 8. The molecule has 0 saturated heterocycles. The molecular weight excluding hydrogens is 739 g/mol. The Bertz CT molecular complexity index is 3080. The number of aromatic nitrogens is 2. The lowest BCUT2D eigenvalue weighted by Gasteiger charge is -2.30. The van der Waals surface area contributed by atoms with Crippen molar-refractivity contribution in [3.05, 3.63) is 223 Å². The smallest absolute Gasteiger partial charge is 0.0709 e. The molecular formula is C58H45N3.